The van der Waals surface area contributed by atoms with Crippen LogP contribution in [0.3, 0.4) is 0 Å². The van der Waals surface area contributed by atoms with E-state index in [9.17, 15) is 5.26 Å². The molecule has 0 atom stereocenters. The number of benzene rings is 2. The predicted molar refractivity (Wildman–Crippen MR) is 122 cm³/mol. The number of rotatable bonds is 3. The maximum Gasteiger partial charge on any atom is 0.137 e. The number of aromatic nitrogens is 2. The molecule has 0 aliphatic carbocycles. The molecule has 0 unspecified atom stereocenters. The minimum atomic E-state index is 0.375. The van der Waals surface area contributed by atoms with Crippen molar-refractivity contribution in [1.29, 1.82) is 5.26 Å². The molecule has 0 saturated heterocycles. The molecule has 3 nitrogen and oxygen atoms in total. The summed E-state index contributed by atoms with van der Waals surface area (Å²) in [4.78, 5) is 9.17. The van der Waals surface area contributed by atoms with Crippen molar-refractivity contribution in [1.82, 2.24) is 9.97 Å². The first-order chi connectivity index (χ1) is 13.9. The molecule has 4 aromatic rings. The quantitative estimate of drug-likeness (QED) is 0.267. The van der Waals surface area contributed by atoms with Crippen molar-refractivity contribution in [3.05, 3.63) is 80.3 Å². The van der Waals surface area contributed by atoms with Crippen molar-refractivity contribution in [2.24, 2.45) is 0 Å². The summed E-state index contributed by atoms with van der Waals surface area (Å²) in [6.07, 6.45) is 1.77. The zero-order chi connectivity index (χ0) is 20.5. The number of pyridine rings is 1. The first-order valence-corrected chi connectivity index (χ1v) is 10.4. The van der Waals surface area contributed by atoms with Crippen LogP contribution in [0.1, 0.15) is 27.3 Å². The van der Waals surface area contributed by atoms with Gasteiger partial charge in [-0.2, -0.15) is 5.26 Å². The highest BCUT2D eigenvalue weighted by Gasteiger charge is 2.12. The van der Waals surface area contributed by atoms with E-state index in [0.29, 0.717) is 21.3 Å². The Morgan fingerprint density at radius 2 is 1.79 bits per heavy atom. The summed E-state index contributed by atoms with van der Waals surface area (Å²) in [5.41, 5.74) is 7.51. The molecule has 0 aliphatic rings. The van der Waals surface area contributed by atoms with Gasteiger partial charge in [0.2, 0.25) is 0 Å². The Bertz CT molecular complexity index is 1310. The summed E-state index contributed by atoms with van der Waals surface area (Å²) in [7, 11) is 0. The monoisotopic (exact) mass is 415 g/mol. The van der Waals surface area contributed by atoms with Crippen LogP contribution in [-0.2, 0) is 0 Å². The fourth-order valence-electron chi connectivity index (χ4n) is 3.31. The number of nitriles is 1. The lowest BCUT2D eigenvalue weighted by Gasteiger charge is -2.04. The maximum atomic E-state index is 9.74. The second kappa shape index (κ2) is 7.79. The van der Waals surface area contributed by atoms with Crippen LogP contribution in [0.5, 0.6) is 0 Å². The molecular formula is C24H18ClN3S. The van der Waals surface area contributed by atoms with Crippen molar-refractivity contribution in [2.75, 3.05) is 0 Å². The van der Waals surface area contributed by atoms with E-state index in [1.807, 2.05) is 30.5 Å². The van der Waals surface area contributed by atoms with Gasteiger partial charge in [0.15, 0.2) is 0 Å². The van der Waals surface area contributed by atoms with Crippen molar-refractivity contribution in [2.45, 2.75) is 20.8 Å². The molecule has 0 spiro atoms. The SMILES string of the molecule is Cc1ccc(-c2csc(C(C#N)=Cc3cc4cc(C)ccc4nc3Cl)n2)c(C)c1. The van der Waals surface area contributed by atoms with Crippen molar-refractivity contribution >= 4 is 45.5 Å². The van der Waals surface area contributed by atoms with Crippen LogP contribution in [0.25, 0.3) is 33.8 Å². The van der Waals surface area contributed by atoms with E-state index in [0.717, 1.165) is 27.7 Å². The minimum absolute atomic E-state index is 0.375. The molecule has 142 valence electrons. The van der Waals surface area contributed by atoms with E-state index in [4.69, 9.17) is 16.6 Å². The molecule has 0 N–H and O–H groups in total. The molecule has 0 radical (unpaired) electrons. The largest absolute Gasteiger partial charge is 0.235 e. The number of allylic oxidation sites excluding steroid dienone is 1. The van der Waals surface area contributed by atoms with Gasteiger partial charge in [-0.15, -0.1) is 11.3 Å². The van der Waals surface area contributed by atoms with Gasteiger partial charge in [-0.05, 0) is 50.6 Å². The number of thiazole rings is 1. The lowest BCUT2D eigenvalue weighted by atomic mass is 10.0. The molecule has 2 aromatic heterocycles. The van der Waals surface area contributed by atoms with Gasteiger partial charge in [0.25, 0.3) is 0 Å². The van der Waals surface area contributed by atoms with Crippen LogP contribution >= 0.6 is 22.9 Å². The number of fused-ring (bicyclic) bond motifs is 1. The number of halogens is 1. The average Bonchev–Trinajstić information content (AvgIpc) is 3.16. The lowest BCUT2D eigenvalue weighted by Crippen LogP contribution is -1.88. The summed E-state index contributed by atoms with van der Waals surface area (Å²) < 4.78 is 0. The first-order valence-electron chi connectivity index (χ1n) is 9.17. The Labute approximate surface area is 179 Å². The van der Waals surface area contributed by atoms with Crippen molar-refractivity contribution < 1.29 is 0 Å². The van der Waals surface area contributed by atoms with Gasteiger partial charge in [0.05, 0.1) is 16.8 Å². The van der Waals surface area contributed by atoms with Gasteiger partial charge in [0, 0.05) is 21.9 Å². The van der Waals surface area contributed by atoms with Crippen molar-refractivity contribution in [3.8, 4) is 17.3 Å². The fraction of sp³-hybridized carbons (Fsp3) is 0.125. The summed E-state index contributed by atoms with van der Waals surface area (Å²) in [5, 5.41) is 13.8. The summed E-state index contributed by atoms with van der Waals surface area (Å²) >= 11 is 7.84. The Hall–Kier alpha value is -3.00. The topological polar surface area (TPSA) is 49.6 Å². The third-order valence-electron chi connectivity index (χ3n) is 4.76. The third kappa shape index (κ3) is 3.93. The molecule has 0 saturated carbocycles. The molecule has 0 aliphatic heterocycles. The van der Waals surface area contributed by atoms with E-state index < -0.39 is 0 Å². The molecule has 0 amide bonds. The van der Waals surface area contributed by atoms with Gasteiger partial charge >= 0.3 is 0 Å². The minimum Gasteiger partial charge on any atom is -0.235 e. The van der Waals surface area contributed by atoms with Gasteiger partial charge in [-0.1, -0.05) is 47.0 Å². The van der Waals surface area contributed by atoms with Gasteiger partial charge in [-0.3, -0.25) is 0 Å². The van der Waals surface area contributed by atoms with E-state index in [1.54, 1.807) is 6.08 Å². The number of hydrogen-bond acceptors (Lipinski definition) is 4. The number of nitrogens with zero attached hydrogens (tertiary/aromatic N) is 3. The van der Waals surface area contributed by atoms with Crippen LogP contribution in [0.4, 0.5) is 0 Å². The highest BCUT2D eigenvalue weighted by molar-refractivity contribution is 7.11. The zero-order valence-electron chi connectivity index (χ0n) is 16.3. The zero-order valence-corrected chi connectivity index (χ0v) is 17.9. The van der Waals surface area contributed by atoms with E-state index in [1.165, 1.54) is 22.5 Å². The van der Waals surface area contributed by atoms with Crippen LogP contribution in [0.2, 0.25) is 5.15 Å². The molecule has 0 fully saturated rings. The summed E-state index contributed by atoms with van der Waals surface area (Å²) in [6.45, 7) is 6.18. The van der Waals surface area contributed by atoms with E-state index in [-0.39, 0.29) is 0 Å². The molecule has 2 heterocycles. The molecular weight excluding hydrogens is 398 g/mol. The van der Waals surface area contributed by atoms with Gasteiger partial charge in [0.1, 0.15) is 16.2 Å². The normalized spacial score (nSPS) is 11.6. The third-order valence-corrected chi connectivity index (χ3v) is 5.94. The molecule has 5 heteroatoms. The highest BCUT2D eigenvalue weighted by Crippen LogP contribution is 2.31. The molecule has 0 bridgehead atoms. The number of aryl methyl sites for hydroxylation is 3. The standard InChI is InChI=1S/C24H18ClN3S/c1-14-4-6-20(16(3)8-14)22-13-29-24(28-22)19(12-26)11-18-10-17-9-15(2)5-7-21(17)27-23(18)25/h4-11,13H,1-3H3. The van der Waals surface area contributed by atoms with Crippen LogP contribution < -0.4 is 0 Å². The van der Waals surface area contributed by atoms with Gasteiger partial charge in [-0.25, -0.2) is 9.97 Å². The second-order valence-corrected chi connectivity index (χ2v) is 8.31. The smallest absolute Gasteiger partial charge is 0.137 e. The Morgan fingerprint density at radius 1 is 1.03 bits per heavy atom. The molecule has 4 rings (SSSR count). The number of hydrogen-bond donors (Lipinski definition) is 0. The van der Waals surface area contributed by atoms with Crippen LogP contribution in [0, 0.1) is 32.1 Å². The Balaban J connectivity index is 1.76. The Morgan fingerprint density at radius 3 is 2.55 bits per heavy atom. The molecule has 2 aromatic carbocycles. The van der Waals surface area contributed by atoms with E-state index >= 15 is 0 Å². The fourth-order valence-corrected chi connectivity index (χ4v) is 4.30. The second-order valence-electron chi connectivity index (χ2n) is 7.09. The Kier molecular flexibility index (Phi) is 5.19. The maximum absolute atomic E-state index is 9.74. The summed E-state index contributed by atoms with van der Waals surface area (Å²) in [6, 6.07) is 16.5. The molecule has 29 heavy (non-hydrogen) atoms. The highest BCUT2D eigenvalue weighted by atomic mass is 35.5. The summed E-state index contributed by atoms with van der Waals surface area (Å²) in [5.74, 6) is 0. The lowest BCUT2D eigenvalue weighted by molar-refractivity contribution is 1.32. The van der Waals surface area contributed by atoms with Gasteiger partial charge < -0.3 is 0 Å². The van der Waals surface area contributed by atoms with Crippen LogP contribution in [0.15, 0.2) is 47.8 Å². The predicted octanol–water partition coefficient (Wildman–Crippen LogP) is 7.00. The van der Waals surface area contributed by atoms with Crippen molar-refractivity contribution in [3.63, 3.8) is 0 Å². The first kappa shape index (κ1) is 19.3. The average molecular weight is 416 g/mol. The van der Waals surface area contributed by atoms with Crippen LogP contribution in [-0.4, -0.2) is 9.97 Å². The van der Waals surface area contributed by atoms with E-state index in [2.05, 4.69) is 49.2 Å².